The number of amides is 1. The zero-order chi connectivity index (χ0) is 46.5. The average Bonchev–Trinajstić information content (AvgIpc) is 3.29. The van der Waals surface area contributed by atoms with Crippen LogP contribution in [0.15, 0.2) is 36.5 Å². The molecule has 0 fully saturated rings. The Kier molecular flexibility index (Phi) is 53.0. The van der Waals surface area contributed by atoms with E-state index in [1.54, 1.807) is 6.08 Å². The van der Waals surface area contributed by atoms with Crippen LogP contribution in [0.3, 0.4) is 0 Å². The number of allylic oxidation sites excluding steroid dienone is 5. The lowest BCUT2D eigenvalue weighted by atomic mass is 10.0. The Morgan fingerprint density at radius 3 is 1.03 bits per heavy atom. The monoisotopic (exact) mass is 900 g/mol. The summed E-state index contributed by atoms with van der Waals surface area (Å²) in [5.41, 5.74) is 0. The minimum atomic E-state index is -0.929. The van der Waals surface area contributed by atoms with Gasteiger partial charge < -0.3 is 20.6 Å². The molecule has 0 bridgehead atoms. The van der Waals surface area contributed by atoms with Gasteiger partial charge in [-0.25, -0.2) is 0 Å². The quantitative estimate of drug-likeness (QED) is 0.0362. The summed E-state index contributed by atoms with van der Waals surface area (Å²) in [6, 6.07) is -0.745. The minimum Gasteiger partial charge on any atom is -0.394 e. The Hall–Kier alpha value is -1.43. The van der Waals surface area contributed by atoms with Gasteiger partial charge in [-0.2, -0.15) is 0 Å². The second-order valence-corrected chi connectivity index (χ2v) is 19.9. The molecule has 0 radical (unpaired) electrons. The summed E-state index contributed by atoms with van der Waals surface area (Å²) in [5, 5.41) is 33.5. The van der Waals surface area contributed by atoms with E-state index in [0.717, 1.165) is 32.1 Å². The van der Waals surface area contributed by atoms with Crippen molar-refractivity contribution >= 4 is 5.91 Å². The number of aliphatic hydroxyl groups is 3. The molecule has 3 unspecified atom stereocenters. The van der Waals surface area contributed by atoms with Crippen LogP contribution in [0.25, 0.3) is 0 Å². The van der Waals surface area contributed by atoms with Gasteiger partial charge in [0.25, 0.3) is 0 Å². The van der Waals surface area contributed by atoms with Crippen molar-refractivity contribution in [2.75, 3.05) is 6.61 Å². The fraction of sp³-hybridized carbons (Fsp3) is 0.881. The first kappa shape index (κ1) is 62.6. The van der Waals surface area contributed by atoms with Crippen molar-refractivity contribution in [1.29, 1.82) is 0 Å². The van der Waals surface area contributed by atoms with Gasteiger partial charge in [-0.1, -0.05) is 288 Å². The van der Waals surface area contributed by atoms with Crippen LogP contribution in [0.1, 0.15) is 309 Å². The first-order valence-corrected chi connectivity index (χ1v) is 28.8. The molecule has 0 rings (SSSR count). The Morgan fingerprint density at radius 1 is 0.406 bits per heavy atom. The minimum absolute atomic E-state index is 0.0145. The highest BCUT2D eigenvalue weighted by Crippen LogP contribution is 2.17. The lowest BCUT2D eigenvalue weighted by Gasteiger charge is -2.21. The first-order valence-electron chi connectivity index (χ1n) is 28.8. The topological polar surface area (TPSA) is 89.8 Å². The summed E-state index contributed by atoms with van der Waals surface area (Å²) < 4.78 is 0. The van der Waals surface area contributed by atoms with E-state index in [-0.39, 0.29) is 18.9 Å². The predicted octanol–water partition coefficient (Wildman–Crippen LogP) is 17.8. The standard InChI is InChI=1S/C59H113NO4/c1-3-5-7-9-11-13-15-17-19-21-23-25-26-27-28-29-30-31-32-33-34-36-38-40-42-44-46-48-50-52-56(62)54-59(64)60-57(55-61)58(63)53-51-49-47-45-43-41-39-37-35-24-22-20-18-16-14-12-10-8-6-4-2/h23,25,27-28,51,53,56-58,61-63H,3-22,24,26,29-50,52,54-55H2,1-2H3,(H,60,64)/b25-23-,28-27-,53-51+. The molecule has 378 valence electrons. The van der Waals surface area contributed by atoms with Crippen molar-refractivity contribution in [3.8, 4) is 0 Å². The molecular weight excluding hydrogens is 787 g/mol. The molecule has 0 aromatic rings. The van der Waals surface area contributed by atoms with Gasteiger partial charge in [0.2, 0.25) is 5.91 Å². The molecule has 0 aromatic carbocycles. The summed E-state index contributed by atoms with van der Waals surface area (Å²) in [6.45, 7) is 4.24. The molecule has 0 heterocycles. The van der Waals surface area contributed by atoms with Gasteiger partial charge in [-0.15, -0.1) is 0 Å². The zero-order valence-corrected chi connectivity index (χ0v) is 43.2. The van der Waals surface area contributed by atoms with Gasteiger partial charge in [-0.05, 0) is 51.4 Å². The van der Waals surface area contributed by atoms with E-state index in [4.69, 9.17) is 0 Å². The summed E-state index contributed by atoms with van der Waals surface area (Å²) >= 11 is 0. The van der Waals surface area contributed by atoms with Gasteiger partial charge in [0.1, 0.15) is 0 Å². The fourth-order valence-electron chi connectivity index (χ4n) is 9.02. The third-order valence-corrected chi connectivity index (χ3v) is 13.4. The van der Waals surface area contributed by atoms with E-state index in [0.29, 0.717) is 6.42 Å². The van der Waals surface area contributed by atoms with E-state index in [1.807, 2.05) is 6.08 Å². The average molecular weight is 901 g/mol. The van der Waals surface area contributed by atoms with E-state index in [2.05, 4.69) is 43.5 Å². The van der Waals surface area contributed by atoms with Gasteiger partial charge >= 0.3 is 0 Å². The SMILES string of the molecule is CCCCCCCCCCC/C=C\C/C=C\CCCCCCCCCCCCCCCC(O)CC(=O)NC(CO)C(O)/C=C/CCCCCCCCCCCCCCCCCCCC. The molecule has 3 atom stereocenters. The molecule has 1 amide bonds. The molecule has 0 saturated carbocycles. The number of hydrogen-bond acceptors (Lipinski definition) is 4. The third-order valence-electron chi connectivity index (χ3n) is 13.4. The van der Waals surface area contributed by atoms with Crippen LogP contribution in [0.5, 0.6) is 0 Å². The highest BCUT2D eigenvalue weighted by Gasteiger charge is 2.20. The molecule has 0 aliphatic rings. The van der Waals surface area contributed by atoms with E-state index >= 15 is 0 Å². The maximum Gasteiger partial charge on any atom is 0.222 e. The van der Waals surface area contributed by atoms with Crippen LogP contribution in [-0.2, 0) is 4.79 Å². The molecular formula is C59H113NO4. The van der Waals surface area contributed by atoms with Crippen molar-refractivity contribution in [2.24, 2.45) is 0 Å². The van der Waals surface area contributed by atoms with E-state index in [9.17, 15) is 20.1 Å². The predicted molar refractivity (Wildman–Crippen MR) is 282 cm³/mol. The van der Waals surface area contributed by atoms with Crippen LogP contribution in [0, 0.1) is 0 Å². The number of nitrogens with one attached hydrogen (secondary N) is 1. The van der Waals surface area contributed by atoms with Crippen LogP contribution in [0.2, 0.25) is 0 Å². The molecule has 0 aromatic heterocycles. The molecule has 0 spiro atoms. The Bertz CT molecular complexity index is 993. The summed E-state index contributed by atoms with van der Waals surface area (Å²) in [6.07, 6.45) is 70.5. The fourth-order valence-corrected chi connectivity index (χ4v) is 9.02. The van der Waals surface area contributed by atoms with Crippen LogP contribution in [0.4, 0.5) is 0 Å². The third kappa shape index (κ3) is 50.0. The molecule has 5 nitrogen and oxygen atoms in total. The number of hydrogen-bond donors (Lipinski definition) is 4. The van der Waals surface area contributed by atoms with E-state index < -0.39 is 18.2 Å². The number of unbranched alkanes of at least 4 members (excludes halogenated alkanes) is 40. The highest BCUT2D eigenvalue weighted by molar-refractivity contribution is 5.76. The van der Waals surface area contributed by atoms with Crippen LogP contribution in [-0.4, -0.2) is 46.1 Å². The van der Waals surface area contributed by atoms with Gasteiger partial charge in [0, 0.05) is 0 Å². The van der Waals surface area contributed by atoms with Crippen molar-refractivity contribution in [1.82, 2.24) is 5.32 Å². The van der Waals surface area contributed by atoms with Crippen LogP contribution < -0.4 is 5.32 Å². The molecule has 0 aliphatic heterocycles. The van der Waals surface area contributed by atoms with E-state index in [1.165, 1.54) is 250 Å². The normalized spacial score (nSPS) is 13.5. The maximum absolute atomic E-state index is 12.5. The van der Waals surface area contributed by atoms with Gasteiger partial charge in [0.05, 0.1) is 31.3 Å². The second-order valence-electron chi connectivity index (χ2n) is 19.9. The Morgan fingerprint density at radius 2 is 0.703 bits per heavy atom. The molecule has 5 heteroatoms. The molecule has 0 aliphatic carbocycles. The van der Waals surface area contributed by atoms with Crippen molar-refractivity contribution < 1.29 is 20.1 Å². The van der Waals surface area contributed by atoms with Crippen molar-refractivity contribution in [3.63, 3.8) is 0 Å². The number of rotatable bonds is 53. The Balaban J connectivity index is 3.56. The molecule has 0 saturated heterocycles. The summed E-state index contributed by atoms with van der Waals surface area (Å²) in [7, 11) is 0. The molecule has 64 heavy (non-hydrogen) atoms. The lowest BCUT2D eigenvalue weighted by molar-refractivity contribution is -0.124. The summed E-state index contributed by atoms with van der Waals surface area (Å²) in [4.78, 5) is 12.5. The van der Waals surface area contributed by atoms with Crippen molar-refractivity contribution in [2.45, 2.75) is 327 Å². The number of carbonyl (C=O) groups excluding carboxylic acids is 1. The van der Waals surface area contributed by atoms with Crippen molar-refractivity contribution in [3.05, 3.63) is 36.5 Å². The second kappa shape index (κ2) is 54.2. The van der Waals surface area contributed by atoms with Crippen LogP contribution >= 0.6 is 0 Å². The number of carbonyl (C=O) groups is 1. The first-order chi connectivity index (χ1) is 31.5. The Labute approximate surface area is 400 Å². The van der Waals surface area contributed by atoms with Gasteiger partial charge in [0.15, 0.2) is 0 Å². The number of aliphatic hydroxyl groups excluding tert-OH is 3. The summed E-state index contributed by atoms with van der Waals surface area (Å²) in [5.74, 6) is -0.312. The molecule has 4 N–H and O–H groups in total. The smallest absolute Gasteiger partial charge is 0.222 e. The lowest BCUT2D eigenvalue weighted by Crippen LogP contribution is -2.45. The zero-order valence-electron chi connectivity index (χ0n) is 43.2. The maximum atomic E-state index is 12.5. The highest BCUT2D eigenvalue weighted by atomic mass is 16.3. The van der Waals surface area contributed by atoms with Gasteiger partial charge in [-0.3, -0.25) is 4.79 Å². The largest absolute Gasteiger partial charge is 0.394 e.